The first-order valence-corrected chi connectivity index (χ1v) is 7.91. The van der Waals surface area contributed by atoms with Gasteiger partial charge in [-0.05, 0) is 42.2 Å². The predicted octanol–water partition coefficient (Wildman–Crippen LogP) is 1.07. The standard InChI is InChI=1S/C12H15N3O4S/c1-8(10-5-3-7-18-10)15-20(16,17)11-6-2-4-9-12(11)14-19-13-9/h2,4,6,8,10,15H,3,5,7H2,1H3/t8-,10-/m0/s1. The Morgan fingerprint density at radius 1 is 1.40 bits per heavy atom. The molecule has 1 aliphatic rings. The normalized spacial score (nSPS) is 21.4. The Kier molecular flexibility index (Phi) is 3.45. The minimum Gasteiger partial charge on any atom is -0.377 e. The lowest BCUT2D eigenvalue weighted by Crippen LogP contribution is -2.40. The third kappa shape index (κ3) is 2.41. The molecule has 0 spiro atoms. The summed E-state index contributed by atoms with van der Waals surface area (Å²) in [4.78, 5) is 0.0705. The van der Waals surface area contributed by atoms with Crippen LogP contribution in [0.5, 0.6) is 0 Å². The highest BCUT2D eigenvalue weighted by Crippen LogP contribution is 2.21. The summed E-state index contributed by atoms with van der Waals surface area (Å²) in [5, 5.41) is 7.30. The lowest BCUT2D eigenvalue weighted by molar-refractivity contribution is 0.0902. The lowest BCUT2D eigenvalue weighted by atomic mass is 10.1. The molecule has 0 radical (unpaired) electrons. The molecule has 0 unspecified atom stereocenters. The van der Waals surface area contributed by atoms with Gasteiger partial charge >= 0.3 is 0 Å². The van der Waals surface area contributed by atoms with Crippen molar-refractivity contribution in [2.24, 2.45) is 0 Å². The fourth-order valence-corrected chi connectivity index (χ4v) is 3.80. The SMILES string of the molecule is C[C@H](NS(=O)(=O)c1cccc2nonc12)[C@@H]1CCCO1. The van der Waals surface area contributed by atoms with Gasteiger partial charge in [0.15, 0.2) is 5.52 Å². The molecule has 0 saturated carbocycles. The fraction of sp³-hybridized carbons (Fsp3) is 0.500. The molecule has 20 heavy (non-hydrogen) atoms. The van der Waals surface area contributed by atoms with E-state index >= 15 is 0 Å². The molecule has 2 atom stereocenters. The number of sulfonamides is 1. The van der Waals surface area contributed by atoms with Gasteiger partial charge in [0.05, 0.1) is 6.10 Å². The van der Waals surface area contributed by atoms with Crippen molar-refractivity contribution < 1.29 is 17.8 Å². The molecule has 7 nitrogen and oxygen atoms in total. The molecule has 1 N–H and O–H groups in total. The number of hydrogen-bond acceptors (Lipinski definition) is 6. The fourth-order valence-electron chi connectivity index (χ4n) is 2.38. The van der Waals surface area contributed by atoms with E-state index in [1.807, 2.05) is 0 Å². The van der Waals surface area contributed by atoms with E-state index < -0.39 is 10.0 Å². The van der Waals surface area contributed by atoms with Crippen LogP contribution in [0, 0.1) is 0 Å². The van der Waals surface area contributed by atoms with Crippen molar-refractivity contribution in [2.45, 2.75) is 36.8 Å². The molecule has 1 aromatic heterocycles. The summed E-state index contributed by atoms with van der Waals surface area (Å²) in [7, 11) is -3.69. The number of rotatable bonds is 4. The monoisotopic (exact) mass is 297 g/mol. The largest absolute Gasteiger partial charge is 0.377 e. The number of fused-ring (bicyclic) bond motifs is 1. The van der Waals surface area contributed by atoms with Crippen LogP contribution in [0.25, 0.3) is 11.0 Å². The van der Waals surface area contributed by atoms with Crippen LogP contribution in [0.3, 0.4) is 0 Å². The van der Waals surface area contributed by atoms with E-state index in [4.69, 9.17) is 4.74 Å². The Balaban J connectivity index is 1.89. The van der Waals surface area contributed by atoms with E-state index in [1.54, 1.807) is 19.1 Å². The minimum atomic E-state index is -3.69. The molecule has 1 saturated heterocycles. The van der Waals surface area contributed by atoms with Gasteiger partial charge in [0, 0.05) is 12.6 Å². The van der Waals surface area contributed by atoms with Gasteiger partial charge in [-0.15, -0.1) is 0 Å². The third-order valence-electron chi connectivity index (χ3n) is 3.40. The minimum absolute atomic E-state index is 0.0705. The Morgan fingerprint density at radius 3 is 3.00 bits per heavy atom. The quantitative estimate of drug-likeness (QED) is 0.907. The number of aromatic nitrogens is 2. The van der Waals surface area contributed by atoms with Crippen LogP contribution in [0.4, 0.5) is 0 Å². The molecular formula is C12H15N3O4S. The Hall–Kier alpha value is -1.51. The Labute approximate surface area is 116 Å². The van der Waals surface area contributed by atoms with E-state index in [0.717, 1.165) is 12.8 Å². The average Bonchev–Trinajstić information content (AvgIpc) is 3.08. The van der Waals surface area contributed by atoms with E-state index in [0.29, 0.717) is 12.1 Å². The highest BCUT2D eigenvalue weighted by molar-refractivity contribution is 7.89. The van der Waals surface area contributed by atoms with Gasteiger partial charge in [-0.3, -0.25) is 0 Å². The molecule has 2 heterocycles. The van der Waals surface area contributed by atoms with E-state index in [-0.39, 0.29) is 22.6 Å². The maximum Gasteiger partial charge on any atom is 0.243 e. The van der Waals surface area contributed by atoms with E-state index in [1.165, 1.54) is 6.07 Å². The summed E-state index contributed by atoms with van der Waals surface area (Å²) in [6.45, 7) is 2.48. The zero-order valence-corrected chi connectivity index (χ0v) is 11.8. The van der Waals surface area contributed by atoms with Gasteiger partial charge in [-0.1, -0.05) is 6.07 Å². The van der Waals surface area contributed by atoms with Gasteiger partial charge < -0.3 is 4.74 Å². The second-order valence-electron chi connectivity index (χ2n) is 4.85. The second kappa shape index (κ2) is 5.12. The van der Waals surface area contributed by atoms with Crippen LogP contribution in [-0.2, 0) is 14.8 Å². The maximum atomic E-state index is 12.4. The molecule has 0 aliphatic carbocycles. The van der Waals surface area contributed by atoms with Crippen molar-refractivity contribution in [1.29, 1.82) is 0 Å². The van der Waals surface area contributed by atoms with Crippen molar-refractivity contribution in [2.75, 3.05) is 6.61 Å². The number of nitrogens with one attached hydrogen (secondary N) is 1. The van der Waals surface area contributed by atoms with Crippen molar-refractivity contribution >= 4 is 21.1 Å². The van der Waals surface area contributed by atoms with Gasteiger partial charge in [0.25, 0.3) is 0 Å². The highest BCUT2D eigenvalue weighted by atomic mass is 32.2. The Morgan fingerprint density at radius 2 is 2.25 bits per heavy atom. The molecule has 1 aromatic carbocycles. The third-order valence-corrected chi connectivity index (χ3v) is 4.99. The van der Waals surface area contributed by atoms with Gasteiger partial charge in [0.2, 0.25) is 10.0 Å². The summed E-state index contributed by atoms with van der Waals surface area (Å²) < 4.78 is 37.6. The zero-order valence-electron chi connectivity index (χ0n) is 10.9. The van der Waals surface area contributed by atoms with Crippen molar-refractivity contribution in [3.05, 3.63) is 18.2 Å². The summed E-state index contributed by atoms with van der Waals surface area (Å²) >= 11 is 0. The van der Waals surface area contributed by atoms with E-state index in [9.17, 15) is 8.42 Å². The van der Waals surface area contributed by atoms with Crippen LogP contribution in [0.1, 0.15) is 19.8 Å². The second-order valence-corrected chi connectivity index (χ2v) is 6.53. The molecule has 1 aliphatic heterocycles. The smallest absolute Gasteiger partial charge is 0.243 e. The summed E-state index contributed by atoms with van der Waals surface area (Å²) in [5.74, 6) is 0. The van der Waals surface area contributed by atoms with Crippen LogP contribution in [0.15, 0.2) is 27.7 Å². The molecule has 0 bridgehead atoms. The molecule has 8 heteroatoms. The first kappa shape index (κ1) is 13.5. The molecule has 1 fully saturated rings. The first-order chi connectivity index (χ1) is 9.58. The Bertz CT molecular complexity index is 706. The summed E-state index contributed by atoms with van der Waals surface area (Å²) in [6.07, 6.45) is 1.73. The average molecular weight is 297 g/mol. The molecule has 2 aromatic rings. The van der Waals surface area contributed by atoms with Crippen molar-refractivity contribution in [1.82, 2.24) is 15.0 Å². The maximum absolute atomic E-state index is 12.4. The molecule has 108 valence electrons. The van der Waals surface area contributed by atoms with Crippen molar-refractivity contribution in [3.63, 3.8) is 0 Å². The number of nitrogens with zero attached hydrogens (tertiary/aromatic N) is 2. The predicted molar refractivity (Wildman–Crippen MR) is 70.6 cm³/mol. The summed E-state index contributed by atoms with van der Waals surface area (Å²) in [5.41, 5.74) is 0.650. The van der Waals surface area contributed by atoms with Crippen LogP contribution in [-0.4, -0.2) is 37.5 Å². The van der Waals surface area contributed by atoms with Crippen LogP contribution >= 0.6 is 0 Å². The topological polar surface area (TPSA) is 94.3 Å². The number of benzene rings is 1. The first-order valence-electron chi connectivity index (χ1n) is 6.43. The van der Waals surface area contributed by atoms with Gasteiger partial charge in [-0.25, -0.2) is 17.8 Å². The molecule has 0 amide bonds. The zero-order chi connectivity index (χ0) is 14.2. The molecular weight excluding hydrogens is 282 g/mol. The summed E-state index contributed by atoms with van der Waals surface area (Å²) in [6, 6.07) is 4.45. The lowest BCUT2D eigenvalue weighted by Gasteiger charge is -2.19. The number of hydrogen-bond donors (Lipinski definition) is 1. The van der Waals surface area contributed by atoms with Gasteiger partial charge in [0.1, 0.15) is 10.4 Å². The van der Waals surface area contributed by atoms with Crippen LogP contribution < -0.4 is 4.72 Å². The highest BCUT2D eigenvalue weighted by Gasteiger charge is 2.28. The van der Waals surface area contributed by atoms with Crippen molar-refractivity contribution in [3.8, 4) is 0 Å². The molecule has 3 rings (SSSR count). The van der Waals surface area contributed by atoms with Gasteiger partial charge in [-0.2, -0.15) is 0 Å². The van der Waals surface area contributed by atoms with E-state index in [2.05, 4.69) is 19.7 Å². The number of ether oxygens (including phenoxy) is 1. The van der Waals surface area contributed by atoms with Crippen LogP contribution in [0.2, 0.25) is 0 Å².